The maximum absolute atomic E-state index is 13.9. The Balaban J connectivity index is 1.46. The van der Waals surface area contributed by atoms with Gasteiger partial charge in [0.05, 0.1) is 24.8 Å². The van der Waals surface area contributed by atoms with Gasteiger partial charge < -0.3 is 25.1 Å². The van der Waals surface area contributed by atoms with E-state index in [0.717, 1.165) is 18.4 Å². The summed E-state index contributed by atoms with van der Waals surface area (Å²) in [7, 11) is 1.000. The summed E-state index contributed by atoms with van der Waals surface area (Å²) < 4.78 is 18.5. The number of nitrogens with two attached hydrogens (primary N) is 1. The molecule has 5 rings (SSSR count). The van der Waals surface area contributed by atoms with Crippen LogP contribution in [0.25, 0.3) is 0 Å². The van der Waals surface area contributed by atoms with E-state index in [1.807, 2.05) is 29.7 Å². The second kappa shape index (κ2) is 13.8. The first kappa shape index (κ1) is 33.7. The van der Waals surface area contributed by atoms with Crippen molar-refractivity contribution in [2.45, 2.75) is 97.2 Å². The van der Waals surface area contributed by atoms with Crippen molar-refractivity contribution in [1.29, 1.82) is 0 Å². The SMILES string of the molecule is COc1cccc(CC(=O)C[C@@H](CCCN=C(N)N[N+](=O)[O-])C(=O)N[C@@H](CC(C)C)B2O[C@@H]3C[C@@H]4C[C@@H](C4(C)C)[C@]3(C)O2)c1. The number of guanidine groups is 1. The lowest BCUT2D eigenvalue weighted by atomic mass is 9.43. The van der Waals surface area contributed by atoms with Crippen molar-refractivity contribution < 1.29 is 28.7 Å². The molecule has 3 saturated carbocycles. The number of amides is 1. The third-order valence-electron chi connectivity index (χ3n) is 9.93. The molecule has 4 fully saturated rings. The number of benzene rings is 1. The van der Waals surface area contributed by atoms with E-state index >= 15 is 0 Å². The number of nitrogens with zero attached hydrogens (tertiary/aromatic N) is 2. The van der Waals surface area contributed by atoms with Crippen molar-refractivity contribution in [2.75, 3.05) is 13.7 Å². The molecule has 1 aromatic rings. The van der Waals surface area contributed by atoms with Gasteiger partial charge in [0.15, 0.2) is 5.03 Å². The molecule has 4 aliphatic rings. The van der Waals surface area contributed by atoms with Crippen LogP contribution in [-0.4, -0.2) is 61.1 Å². The quantitative estimate of drug-likeness (QED) is 0.0670. The van der Waals surface area contributed by atoms with Crippen LogP contribution in [0.1, 0.15) is 78.7 Å². The van der Waals surface area contributed by atoms with Crippen molar-refractivity contribution in [1.82, 2.24) is 10.7 Å². The first-order valence-electron chi connectivity index (χ1n) is 15.7. The van der Waals surface area contributed by atoms with Gasteiger partial charge in [0.2, 0.25) is 5.91 Å². The summed E-state index contributed by atoms with van der Waals surface area (Å²) in [6.45, 7) is 11.2. The van der Waals surface area contributed by atoms with Gasteiger partial charge in [0, 0.05) is 25.3 Å². The largest absolute Gasteiger partial charge is 0.497 e. The lowest BCUT2D eigenvalue weighted by Gasteiger charge is -2.64. The molecule has 2 bridgehead atoms. The molecule has 0 unspecified atom stereocenters. The summed E-state index contributed by atoms with van der Waals surface area (Å²) in [5.74, 6) is 0.306. The molecule has 44 heavy (non-hydrogen) atoms. The zero-order valence-electron chi connectivity index (χ0n) is 26.8. The number of nitrogens with one attached hydrogen (secondary N) is 2. The summed E-state index contributed by atoms with van der Waals surface area (Å²) in [4.78, 5) is 41.7. The second-order valence-corrected chi connectivity index (χ2v) is 13.8. The van der Waals surface area contributed by atoms with E-state index in [9.17, 15) is 19.7 Å². The minimum absolute atomic E-state index is 0.00725. The standard InChI is InChI=1S/C31H48BN5O7/c1-19(2)13-27(32-43-26-18-22-17-25(30(22,3)4)31(26,5)44-32)35-28(39)21(10-8-12-34-29(33)36-37(40)41)16-23(38)14-20-9-7-11-24(15-20)42-6/h7,9,11,15,19,21-22,25-27H,8,10,12-14,16-18H2,1-6H3,(H,35,39)(H3,33,34,36)/t21-,22+,25+,26-,27+,31+/m1/s1. The number of ketones is 1. The average Bonchev–Trinajstić information content (AvgIpc) is 3.31. The van der Waals surface area contributed by atoms with E-state index in [-0.39, 0.29) is 60.4 Å². The molecule has 6 atom stereocenters. The fraction of sp³-hybridized carbons (Fsp3) is 0.710. The lowest BCUT2D eigenvalue weighted by Crippen LogP contribution is -2.65. The maximum atomic E-state index is 13.9. The zero-order chi connectivity index (χ0) is 32.2. The molecule has 0 spiro atoms. The first-order chi connectivity index (χ1) is 20.7. The van der Waals surface area contributed by atoms with E-state index in [1.54, 1.807) is 7.11 Å². The first-order valence-corrected chi connectivity index (χ1v) is 15.7. The van der Waals surface area contributed by atoms with Gasteiger partial charge in [0.1, 0.15) is 11.5 Å². The molecule has 3 aliphatic carbocycles. The van der Waals surface area contributed by atoms with Crippen molar-refractivity contribution in [2.24, 2.45) is 39.8 Å². The number of hydrazine groups is 1. The molecule has 4 N–H and O–H groups in total. The summed E-state index contributed by atoms with van der Waals surface area (Å²) in [5, 5.41) is 13.0. The molecule has 1 saturated heterocycles. The number of methoxy groups -OCH3 is 1. The van der Waals surface area contributed by atoms with Crippen LogP contribution in [0.5, 0.6) is 5.75 Å². The molecule has 1 heterocycles. The van der Waals surface area contributed by atoms with Crippen LogP contribution in [0.3, 0.4) is 0 Å². The zero-order valence-corrected chi connectivity index (χ0v) is 26.8. The smallest absolute Gasteiger partial charge is 0.481 e. The second-order valence-electron chi connectivity index (χ2n) is 13.8. The number of ether oxygens (including phenoxy) is 1. The number of hydrogen-bond donors (Lipinski definition) is 3. The molecular weight excluding hydrogens is 565 g/mol. The van der Waals surface area contributed by atoms with Gasteiger partial charge in [-0.3, -0.25) is 9.59 Å². The van der Waals surface area contributed by atoms with Crippen LogP contribution in [-0.2, 0) is 25.3 Å². The molecule has 12 nitrogen and oxygen atoms in total. The highest BCUT2D eigenvalue weighted by atomic mass is 16.7. The summed E-state index contributed by atoms with van der Waals surface area (Å²) in [6.07, 6.45) is 3.71. The summed E-state index contributed by atoms with van der Waals surface area (Å²) in [5.41, 5.74) is 7.96. The molecule has 0 aromatic heterocycles. The van der Waals surface area contributed by atoms with Crippen LogP contribution >= 0.6 is 0 Å². The van der Waals surface area contributed by atoms with Crippen LogP contribution < -0.4 is 21.2 Å². The third kappa shape index (κ3) is 7.72. The number of aliphatic imine (C=N–C) groups is 1. The van der Waals surface area contributed by atoms with Crippen LogP contribution in [0.2, 0.25) is 0 Å². The van der Waals surface area contributed by atoms with Crippen molar-refractivity contribution in [3.63, 3.8) is 0 Å². The third-order valence-corrected chi connectivity index (χ3v) is 9.93. The number of carbonyl (C=O) groups is 2. The number of nitro groups is 1. The van der Waals surface area contributed by atoms with Gasteiger partial charge in [-0.1, -0.05) is 45.3 Å². The highest BCUT2D eigenvalue weighted by molar-refractivity contribution is 6.47. The fourth-order valence-electron chi connectivity index (χ4n) is 7.47. The molecule has 0 radical (unpaired) electrons. The van der Waals surface area contributed by atoms with E-state index in [0.29, 0.717) is 36.8 Å². The monoisotopic (exact) mass is 613 g/mol. The Labute approximate surface area is 260 Å². The highest BCUT2D eigenvalue weighted by Gasteiger charge is 2.68. The molecule has 1 amide bonds. The van der Waals surface area contributed by atoms with Crippen LogP contribution in [0, 0.1) is 39.2 Å². The summed E-state index contributed by atoms with van der Waals surface area (Å²) >= 11 is 0. The van der Waals surface area contributed by atoms with Gasteiger partial charge >= 0.3 is 7.12 Å². The van der Waals surface area contributed by atoms with Crippen molar-refractivity contribution in [3.8, 4) is 5.75 Å². The fourth-order valence-corrected chi connectivity index (χ4v) is 7.47. The Kier molecular flexibility index (Phi) is 10.6. The van der Waals surface area contributed by atoms with E-state index < -0.39 is 23.7 Å². The average molecular weight is 614 g/mol. The van der Waals surface area contributed by atoms with E-state index in [2.05, 4.69) is 44.9 Å². The molecule has 13 heteroatoms. The number of Topliss-reactive ketones (excluding diaryl/α,β-unsaturated/α-hetero) is 1. The van der Waals surface area contributed by atoms with Crippen LogP contribution in [0.15, 0.2) is 29.3 Å². The van der Waals surface area contributed by atoms with Gasteiger partial charge in [-0.05, 0) is 79.9 Å². The lowest BCUT2D eigenvalue weighted by molar-refractivity contribution is -0.525. The predicted molar refractivity (Wildman–Crippen MR) is 167 cm³/mol. The normalized spacial score (nSPS) is 26.8. The summed E-state index contributed by atoms with van der Waals surface area (Å²) in [6, 6.07) is 7.31. The van der Waals surface area contributed by atoms with Gasteiger partial charge in [-0.15, -0.1) is 0 Å². The van der Waals surface area contributed by atoms with Gasteiger partial charge in [0.25, 0.3) is 5.96 Å². The Morgan fingerprint density at radius 2 is 2.02 bits per heavy atom. The Morgan fingerprint density at radius 3 is 2.68 bits per heavy atom. The molecule has 1 aromatic carbocycles. The van der Waals surface area contributed by atoms with E-state index in [4.69, 9.17) is 19.8 Å². The molecule has 242 valence electrons. The van der Waals surface area contributed by atoms with Crippen molar-refractivity contribution in [3.05, 3.63) is 39.9 Å². The van der Waals surface area contributed by atoms with Crippen molar-refractivity contribution >= 4 is 24.8 Å². The minimum Gasteiger partial charge on any atom is -0.497 e. The number of carbonyl (C=O) groups excluding carboxylic acids is 2. The minimum atomic E-state index is -0.782. The topological polar surface area (TPSA) is 167 Å². The Morgan fingerprint density at radius 1 is 1.27 bits per heavy atom. The number of hydrogen-bond acceptors (Lipinski definition) is 8. The van der Waals surface area contributed by atoms with Gasteiger partial charge in [-0.2, -0.15) is 0 Å². The predicted octanol–water partition coefficient (Wildman–Crippen LogP) is 3.49. The van der Waals surface area contributed by atoms with Gasteiger partial charge in [-0.25, -0.2) is 15.1 Å². The van der Waals surface area contributed by atoms with E-state index in [1.165, 1.54) is 0 Å². The Bertz CT molecular complexity index is 1240. The molecular formula is C31H48BN5O7. The number of rotatable bonds is 15. The highest BCUT2D eigenvalue weighted by Crippen LogP contribution is 2.65. The maximum Gasteiger partial charge on any atom is 0.481 e. The van der Waals surface area contributed by atoms with Crippen LogP contribution in [0.4, 0.5) is 0 Å². The Hall–Kier alpha value is -3.19. The molecule has 1 aliphatic heterocycles.